The molecular weight excluding hydrogens is 779 g/mol. The highest BCUT2D eigenvalue weighted by atomic mass is 16.7. The van der Waals surface area contributed by atoms with Gasteiger partial charge in [-0.1, -0.05) is 237 Å². The molecule has 366 valence electrons. The predicted molar refractivity (Wildman–Crippen MR) is 258 cm³/mol. The van der Waals surface area contributed by atoms with E-state index >= 15 is 0 Å². The van der Waals surface area contributed by atoms with Crippen LogP contribution in [0.4, 0.5) is 0 Å². The first-order valence-corrected chi connectivity index (χ1v) is 26.6. The molecule has 1 rings (SSSR count). The molecule has 1 aliphatic rings. The fourth-order valence-corrected chi connectivity index (χ4v) is 8.53. The largest absolute Gasteiger partial charge is 0.394 e. The van der Waals surface area contributed by atoms with E-state index in [0.717, 1.165) is 38.5 Å². The quantitative estimate of drug-likeness (QED) is 0.0262. The Morgan fingerprint density at radius 2 is 0.919 bits per heavy atom. The highest BCUT2D eigenvalue weighted by molar-refractivity contribution is 5.76. The van der Waals surface area contributed by atoms with Crippen LogP contribution in [0.15, 0.2) is 24.3 Å². The van der Waals surface area contributed by atoms with Crippen molar-refractivity contribution in [3.8, 4) is 0 Å². The standard InChI is InChI=1S/C53H101NO8/c1-3-5-7-9-11-12-13-14-15-16-17-18-19-20-21-22-23-24-25-26-27-28-29-30-31-32-33-34-35-37-38-40-42-47(56)46(54-49(57)43-41-39-36-10-8-6-4-2)45-61-53-52(60)51(59)50(58)48(44-55)62-53/h34-35,40,42,46-48,50-53,55-56,58-60H,3-33,36-39,41,43-45H2,1-2H3,(H,54,57)/b35-34+,42-40+. The van der Waals surface area contributed by atoms with Crippen molar-refractivity contribution < 1.29 is 39.8 Å². The summed E-state index contributed by atoms with van der Waals surface area (Å²) in [7, 11) is 0. The van der Waals surface area contributed by atoms with Gasteiger partial charge in [0.25, 0.3) is 0 Å². The number of aliphatic hydroxyl groups excluding tert-OH is 5. The van der Waals surface area contributed by atoms with Crippen LogP contribution >= 0.6 is 0 Å². The van der Waals surface area contributed by atoms with Crippen molar-refractivity contribution in [2.75, 3.05) is 13.2 Å². The Bertz CT molecular complexity index is 1020. The van der Waals surface area contributed by atoms with Gasteiger partial charge in [0.1, 0.15) is 24.4 Å². The van der Waals surface area contributed by atoms with E-state index in [1.165, 1.54) is 193 Å². The van der Waals surface area contributed by atoms with Crippen LogP contribution in [0, 0.1) is 0 Å². The first-order chi connectivity index (χ1) is 30.3. The Kier molecular flexibility index (Phi) is 41.2. The van der Waals surface area contributed by atoms with E-state index in [-0.39, 0.29) is 12.5 Å². The molecule has 6 N–H and O–H groups in total. The van der Waals surface area contributed by atoms with Crippen LogP contribution in [-0.2, 0) is 14.3 Å². The van der Waals surface area contributed by atoms with Crippen molar-refractivity contribution >= 4 is 5.91 Å². The number of carbonyl (C=O) groups is 1. The van der Waals surface area contributed by atoms with E-state index < -0.39 is 49.5 Å². The number of hydrogen-bond donors (Lipinski definition) is 6. The molecule has 0 aliphatic carbocycles. The third-order valence-corrected chi connectivity index (χ3v) is 12.8. The van der Waals surface area contributed by atoms with Gasteiger partial charge in [0.15, 0.2) is 6.29 Å². The number of nitrogens with one attached hydrogen (secondary N) is 1. The molecule has 1 aliphatic heterocycles. The first-order valence-electron chi connectivity index (χ1n) is 26.6. The van der Waals surface area contributed by atoms with Gasteiger partial charge in [-0.2, -0.15) is 0 Å². The number of amides is 1. The molecule has 0 saturated carbocycles. The maximum atomic E-state index is 12.8. The summed E-state index contributed by atoms with van der Waals surface area (Å²) in [6.45, 7) is 3.72. The minimum absolute atomic E-state index is 0.192. The normalized spacial score (nSPS) is 20.4. The average molecular weight is 880 g/mol. The molecule has 1 amide bonds. The first kappa shape index (κ1) is 58.7. The predicted octanol–water partition coefficient (Wildman–Crippen LogP) is 12.2. The molecule has 62 heavy (non-hydrogen) atoms. The van der Waals surface area contributed by atoms with E-state index in [1.54, 1.807) is 6.08 Å². The lowest BCUT2D eigenvalue weighted by Gasteiger charge is -2.40. The lowest BCUT2D eigenvalue weighted by molar-refractivity contribution is -0.302. The average Bonchev–Trinajstić information content (AvgIpc) is 3.27. The lowest BCUT2D eigenvalue weighted by Crippen LogP contribution is -2.60. The van der Waals surface area contributed by atoms with E-state index in [1.807, 2.05) is 6.08 Å². The van der Waals surface area contributed by atoms with Crippen molar-refractivity contribution in [1.29, 1.82) is 0 Å². The van der Waals surface area contributed by atoms with Crippen LogP contribution in [0.5, 0.6) is 0 Å². The summed E-state index contributed by atoms with van der Waals surface area (Å²) in [6.07, 6.45) is 47.3. The number of aliphatic hydroxyl groups is 5. The SMILES string of the molecule is CCCCCCCCCCCCCCCCCCCCCCCCCCCC/C=C/CC/C=C/C(O)C(COC1OC(CO)C(O)C(O)C1O)NC(=O)CCCCCCCCC. The second-order valence-electron chi connectivity index (χ2n) is 18.7. The van der Waals surface area contributed by atoms with E-state index in [4.69, 9.17) is 9.47 Å². The van der Waals surface area contributed by atoms with Gasteiger partial charge < -0.3 is 40.3 Å². The Hall–Kier alpha value is -1.33. The van der Waals surface area contributed by atoms with E-state index in [9.17, 15) is 30.3 Å². The van der Waals surface area contributed by atoms with Crippen LogP contribution in [0.1, 0.15) is 251 Å². The minimum atomic E-state index is -1.57. The maximum absolute atomic E-state index is 12.8. The fourth-order valence-electron chi connectivity index (χ4n) is 8.53. The summed E-state index contributed by atoms with van der Waals surface area (Å²) in [4.78, 5) is 12.8. The zero-order chi connectivity index (χ0) is 45.1. The molecular formula is C53H101NO8. The molecule has 7 atom stereocenters. The Labute approximate surface area is 381 Å². The van der Waals surface area contributed by atoms with Crippen molar-refractivity contribution in [2.45, 2.75) is 294 Å². The van der Waals surface area contributed by atoms with E-state index in [2.05, 4.69) is 31.3 Å². The number of rotatable bonds is 45. The van der Waals surface area contributed by atoms with Gasteiger partial charge >= 0.3 is 0 Å². The zero-order valence-corrected chi connectivity index (χ0v) is 40.4. The summed E-state index contributed by atoms with van der Waals surface area (Å²) in [5.41, 5.74) is 0. The summed E-state index contributed by atoms with van der Waals surface area (Å²) < 4.78 is 11.2. The Balaban J connectivity index is 2.10. The molecule has 0 spiro atoms. The van der Waals surface area contributed by atoms with Gasteiger partial charge in [0.2, 0.25) is 5.91 Å². The van der Waals surface area contributed by atoms with Gasteiger partial charge in [-0.3, -0.25) is 4.79 Å². The molecule has 9 heteroatoms. The molecule has 9 nitrogen and oxygen atoms in total. The molecule has 0 aromatic rings. The Morgan fingerprint density at radius 3 is 1.35 bits per heavy atom. The van der Waals surface area contributed by atoms with Gasteiger partial charge in [-0.15, -0.1) is 0 Å². The highest BCUT2D eigenvalue weighted by Gasteiger charge is 2.44. The monoisotopic (exact) mass is 880 g/mol. The molecule has 0 radical (unpaired) electrons. The lowest BCUT2D eigenvalue weighted by atomic mass is 9.99. The number of carbonyl (C=O) groups excluding carboxylic acids is 1. The van der Waals surface area contributed by atoms with E-state index in [0.29, 0.717) is 6.42 Å². The molecule has 1 heterocycles. The fraction of sp³-hybridized carbons (Fsp3) is 0.906. The zero-order valence-electron chi connectivity index (χ0n) is 40.4. The minimum Gasteiger partial charge on any atom is -0.394 e. The van der Waals surface area contributed by atoms with Crippen molar-refractivity contribution in [2.24, 2.45) is 0 Å². The summed E-state index contributed by atoms with van der Waals surface area (Å²) >= 11 is 0. The second kappa shape index (κ2) is 43.6. The molecule has 0 aromatic carbocycles. The third kappa shape index (κ3) is 33.2. The topological polar surface area (TPSA) is 149 Å². The third-order valence-electron chi connectivity index (χ3n) is 12.8. The van der Waals surface area contributed by atoms with Crippen LogP contribution in [-0.4, -0.2) is 87.5 Å². The van der Waals surface area contributed by atoms with Crippen molar-refractivity contribution in [3.63, 3.8) is 0 Å². The van der Waals surface area contributed by atoms with Crippen LogP contribution in [0.2, 0.25) is 0 Å². The number of ether oxygens (including phenoxy) is 2. The molecule has 0 bridgehead atoms. The highest BCUT2D eigenvalue weighted by Crippen LogP contribution is 2.23. The number of allylic oxidation sites excluding steroid dienone is 3. The molecule has 1 fully saturated rings. The summed E-state index contributed by atoms with van der Waals surface area (Å²) in [5, 5.41) is 54.0. The molecule has 1 saturated heterocycles. The summed E-state index contributed by atoms with van der Waals surface area (Å²) in [6, 6.07) is -0.815. The van der Waals surface area contributed by atoms with Crippen LogP contribution < -0.4 is 5.32 Å². The Morgan fingerprint density at radius 1 is 0.532 bits per heavy atom. The molecule has 0 aromatic heterocycles. The van der Waals surface area contributed by atoms with Crippen LogP contribution in [0.25, 0.3) is 0 Å². The van der Waals surface area contributed by atoms with Crippen molar-refractivity contribution in [1.82, 2.24) is 5.32 Å². The van der Waals surface area contributed by atoms with Crippen molar-refractivity contribution in [3.05, 3.63) is 24.3 Å². The molecule has 7 unspecified atom stereocenters. The van der Waals surface area contributed by atoms with Gasteiger partial charge in [-0.05, 0) is 32.1 Å². The summed E-state index contributed by atoms with van der Waals surface area (Å²) in [5.74, 6) is -0.192. The maximum Gasteiger partial charge on any atom is 0.220 e. The smallest absolute Gasteiger partial charge is 0.220 e. The van der Waals surface area contributed by atoms with Gasteiger partial charge in [0.05, 0.1) is 25.4 Å². The van der Waals surface area contributed by atoms with Gasteiger partial charge in [0, 0.05) is 6.42 Å². The van der Waals surface area contributed by atoms with Gasteiger partial charge in [-0.25, -0.2) is 0 Å². The number of hydrogen-bond acceptors (Lipinski definition) is 8. The van der Waals surface area contributed by atoms with Crippen LogP contribution in [0.3, 0.4) is 0 Å². The number of unbranched alkanes of at least 4 members (excludes halogenated alkanes) is 33. The second-order valence-corrected chi connectivity index (χ2v) is 18.7.